The first-order chi connectivity index (χ1) is 16.3. The van der Waals surface area contributed by atoms with E-state index in [9.17, 15) is 14.7 Å². The van der Waals surface area contributed by atoms with Crippen LogP contribution in [-0.2, 0) is 11.3 Å². The van der Waals surface area contributed by atoms with Crippen LogP contribution in [0.5, 0.6) is 0 Å². The molecule has 0 bridgehead atoms. The van der Waals surface area contributed by atoms with E-state index < -0.39 is 5.60 Å². The number of nitrogens with zero attached hydrogens (tertiary/aromatic N) is 4. The standard InChI is InChI=1S/C26H36N4O3S/c1-25(33)9-7-17-16(13-25)3-4-19-18(17)8-10-26(2)20(19)5-6-21(26)22(31)14-29-15-28-30(24(29)32)23-27-11-12-34-23/h11-12,15-21,33H,3-10,13-14H2,1-2H3/t16-,17+,18-,19-,20+,21-,25-,26+/m1/s1. The van der Waals surface area contributed by atoms with Crippen molar-refractivity contribution in [1.29, 1.82) is 0 Å². The van der Waals surface area contributed by atoms with Gasteiger partial charge >= 0.3 is 5.69 Å². The van der Waals surface area contributed by atoms with E-state index in [4.69, 9.17) is 0 Å². The molecular weight excluding hydrogens is 448 g/mol. The molecule has 34 heavy (non-hydrogen) atoms. The van der Waals surface area contributed by atoms with Crippen molar-refractivity contribution < 1.29 is 9.90 Å². The Bertz CT molecular complexity index is 1120. The third-order valence-corrected chi connectivity index (χ3v) is 11.0. The molecule has 2 aromatic rings. The molecule has 0 radical (unpaired) electrons. The van der Waals surface area contributed by atoms with E-state index in [1.165, 1.54) is 46.2 Å². The van der Waals surface area contributed by atoms with Gasteiger partial charge in [0.15, 0.2) is 5.78 Å². The first kappa shape index (κ1) is 22.7. The number of carbonyl (C=O) groups excluding carboxylic acids is 1. The normalized spacial score (nSPS) is 41.5. The van der Waals surface area contributed by atoms with Crippen molar-refractivity contribution in [1.82, 2.24) is 19.3 Å². The van der Waals surface area contributed by atoms with Crippen LogP contribution in [-0.4, -0.2) is 35.8 Å². The molecule has 4 aliphatic rings. The van der Waals surface area contributed by atoms with Crippen LogP contribution in [0.1, 0.15) is 71.6 Å². The van der Waals surface area contributed by atoms with Gasteiger partial charge in [-0.3, -0.25) is 9.36 Å². The molecule has 0 saturated heterocycles. The lowest BCUT2D eigenvalue weighted by atomic mass is 9.49. The van der Waals surface area contributed by atoms with Crippen LogP contribution >= 0.6 is 11.3 Å². The molecule has 2 aromatic heterocycles. The van der Waals surface area contributed by atoms with Gasteiger partial charge < -0.3 is 5.11 Å². The van der Waals surface area contributed by atoms with E-state index in [1.807, 2.05) is 12.3 Å². The Labute approximate surface area is 204 Å². The maximum absolute atomic E-state index is 13.5. The predicted octanol–water partition coefficient (Wildman–Crippen LogP) is 4.08. The molecule has 1 N–H and O–H groups in total. The fraction of sp³-hybridized carbons (Fsp3) is 0.769. The molecule has 4 aliphatic carbocycles. The predicted molar refractivity (Wildman–Crippen MR) is 130 cm³/mol. The number of aromatic nitrogens is 4. The van der Waals surface area contributed by atoms with Crippen molar-refractivity contribution >= 4 is 17.1 Å². The van der Waals surface area contributed by atoms with E-state index in [0.29, 0.717) is 17.0 Å². The molecule has 0 amide bonds. The van der Waals surface area contributed by atoms with Gasteiger partial charge in [0.1, 0.15) is 6.33 Å². The first-order valence-electron chi connectivity index (χ1n) is 13.1. The average Bonchev–Trinajstić information content (AvgIpc) is 3.52. The Morgan fingerprint density at radius 3 is 2.74 bits per heavy atom. The molecular formula is C26H36N4O3S. The number of aliphatic hydroxyl groups is 1. The highest BCUT2D eigenvalue weighted by molar-refractivity contribution is 7.12. The number of hydrogen-bond donors (Lipinski definition) is 1. The quantitative estimate of drug-likeness (QED) is 0.706. The Morgan fingerprint density at radius 2 is 1.94 bits per heavy atom. The van der Waals surface area contributed by atoms with Crippen LogP contribution in [0.15, 0.2) is 22.7 Å². The second-order valence-electron chi connectivity index (χ2n) is 12.1. The summed E-state index contributed by atoms with van der Waals surface area (Å²) in [5.74, 6) is 3.74. The van der Waals surface area contributed by atoms with E-state index in [2.05, 4.69) is 17.0 Å². The number of thiazole rings is 1. The number of rotatable bonds is 4. The van der Waals surface area contributed by atoms with Gasteiger partial charge in [-0.1, -0.05) is 6.92 Å². The third kappa shape index (κ3) is 3.55. The summed E-state index contributed by atoms with van der Waals surface area (Å²) in [5, 5.41) is 17.1. The van der Waals surface area contributed by atoms with Crippen molar-refractivity contribution in [2.75, 3.05) is 0 Å². The zero-order valence-corrected chi connectivity index (χ0v) is 21.0. The molecule has 6 rings (SSSR count). The van der Waals surface area contributed by atoms with Gasteiger partial charge in [-0.15, -0.1) is 11.3 Å². The highest BCUT2D eigenvalue weighted by Gasteiger charge is 2.58. The minimum Gasteiger partial charge on any atom is -0.390 e. The SMILES string of the molecule is C[C@@]1(O)CC[C@H]2[C@H](CC[C@@H]3[C@@H]2CC[C@]2(C)[C@@H](C(=O)Cn4cnn(-c5nccs5)c4=O)CC[C@@H]32)C1. The minimum atomic E-state index is -0.479. The van der Waals surface area contributed by atoms with E-state index in [1.54, 1.807) is 6.20 Å². The van der Waals surface area contributed by atoms with Gasteiger partial charge in [-0.05, 0) is 99.7 Å². The maximum atomic E-state index is 13.5. The average molecular weight is 485 g/mol. The molecule has 4 fully saturated rings. The molecule has 4 saturated carbocycles. The monoisotopic (exact) mass is 484 g/mol. The summed E-state index contributed by atoms with van der Waals surface area (Å²) in [4.78, 5) is 30.5. The molecule has 184 valence electrons. The highest BCUT2D eigenvalue weighted by Crippen LogP contribution is 2.64. The summed E-state index contributed by atoms with van der Waals surface area (Å²) in [6, 6.07) is 0. The lowest BCUT2D eigenvalue weighted by Gasteiger charge is -2.56. The van der Waals surface area contributed by atoms with Crippen molar-refractivity contribution in [2.45, 2.75) is 83.8 Å². The minimum absolute atomic E-state index is 0.0263. The van der Waals surface area contributed by atoms with Crippen LogP contribution in [0.2, 0.25) is 0 Å². The van der Waals surface area contributed by atoms with Gasteiger partial charge in [-0.2, -0.15) is 9.78 Å². The van der Waals surface area contributed by atoms with Crippen LogP contribution in [0.25, 0.3) is 5.13 Å². The third-order valence-electron chi connectivity index (χ3n) is 10.3. The summed E-state index contributed by atoms with van der Waals surface area (Å²) in [6.07, 6.45) is 13.1. The maximum Gasteiger partial charge on any atom is 0.353 e. The smallest absolute Gasteiger partial charge is 0.353 e. The summed E-state index contributed by atoms with van der Waals surface area (Å²) < 4.78 is 2.73. The van der Waals surface area contributed by atoms with E-state index in [0.717, 1.165) is 56.3 Å². The van der Waals surface area contributed by atoms with Crippen LogP contribution in [0, 0.1) is 40.9 Å². The Hall–Kier alpha value is -1.80. The molecule has 0 unspecified atom stereocenters. The molecule has 0 aromatic carbocycles. The molecule has 8 atom stereocenters. The van der Waals surface area contributed by atoms with Gasteiger partial charge in [-0.25, -0.2) is 9.78 Å². The fourth-order valence-electron chi connectivity index (χ4n) is 8.78. The zero-order valence-electron chi connectivity index (χ0n) is 20.2. The van der Waals surface area contributed by atoms with Gasteiger partial charge in [0.25, 0.3) is 0 Å². The number of hydrogen-bond acceptors (Lipinski definition) is 6. The summed E-state index contributed by atoms with van der Waals surface area (Å²) in [7, 11) is 0. The Kier molecular flexibility index (Phi) is 5.41. The summed E-state index contributed by atoms with van der Waals surface area (Å²) >= 11 is 1.36. The number of Topliss-reactive ketones (excluding diaryl/α,β-unsaturated/α-hetero) is 1. The molecule has 8 heteroatoms. The topological polar surface area (TPSA) is 90.0 Å². The second kappa shape index (κ2) is 8.12. The summed E-state index contributed by atoms with van der Waals surface area (Å²) in [5.41, 5.74) is -0.730. The van der Waals surface area contributed by atoms with Crippen molar-refractivity contribution in [3.63, 3.8) is 0 Å². The van der Waals surface area contributed by atoms with Gasteiger partial charge in [0.2, 0.25) is 5.13 Å². The fourth-order valence-corrected chi connectivity index (χ4v) is 9.37. The second-order valence-corrected chi connectivity index (χ2v) is 13.0. The van der Waals surface area contributed by atoms with E-state index >= 15 is 0 Å². The lowest BCUT2D eigenvalue weighted by Crippen LogP contribution is -2.51. The van der Waals surface area contributed by atoms with Crippen LogP contribution in [0.3, 0.4) is 0 Å². The zero-order chi connectivity index (χ0) is 23.7. The lowest BCUT2D eigenvalue weighted by molar-refractivity contribution is -0.133. The molecule has 2 heterocycles. The van der Waals surface area contributed by atoms with Crippen LogP contribution < -0.4 is 5.69 Å². The molecule has 7 nitrogen and oxygen atoms in total. The first-order valence-corrected chi connectivity index (χ1v) is 13.9. The molecule has 0 spiro atoms. The van der Waals surface area contributed by atoms with Crippen LogP contribution in [0.4, 0.5) is 0 Å². The summed E-state index contributed by atoms with van der Waals surface area (Å²) in [6.45, 7) is 4.49. The van der Waals surface area contributed by atoms with E-state index in [-0.39, 0.29) is 29.4 Å². The Balaban J connectivity index is 1.18. The van der Waals surface area contributed by atoms with Crippen molar-refractivity contribution in [2.24, 2.45) is 40.9 Å². The van der Waals surface area contributed by atoms with Crippen molar-refractivity contribution in [3.8, 4) is 5.13 Å². The number of ketones is 1. The van der Waals surface area contributed by atoms with Crippen molar-refractivity contribution in [3.05, 3.63) is 28.4 Å². The largest absolute Gasteiger partial charge is 0.390 e. The molecule has 0 aliphatic heterocycles. The highest BCUT2D eigenvalue weighted by atomic mass is 32.1. The van der Waals surface area contributed by atoms with Gasteiger partial charge in [0, 0.05) is 17.5 Å². The number of fused-ring (bicyclic) bond motifs is 5. The Morgan fingerprint density at radius 1 is 1.12 bits per heavy atom. The number of carbonyl (C=O) groups is 1. The van der Waals surface area contributed by atoms with Gasteiger partial charge in [0.05, 0.1) is 12.1 Å².